The van der Waals surface area contributed by atoms with Crippen molar-refractivity contribution in [2.75, 3.05) is 19.6 Å². The summed E-state index contributed by atoms with van der Waals surface area (Å²) in [5.74, 6) is 0.871. The highest BCUT2D eigenvalue weighted by atomic mass is 16.5. The van der Waals surface area contributed by atoms with Crippen LogP contribution in [0.3, 0.4) is 0 Å². The molecule has 128 valence electrons. The van der Waals surface area contributed by atoms with Gasteiger partial charge in [-0.25, -0.2) is 0 Å². The lowest BCUT2D eigenvalue weighted by molar-refractivity contribution is 0.0169. The minimum absolute atomic E-state index is 0.573. The number of piperidine rings is 1. The van der Waals surface area contributed by atoms with Gasteiger partial charge in [0.25, 0.3) is 0 Å². The van der Waals surface area contributed by atoms with Gasteiger partial charge in [-0.2, -0.15) is 0 Å². The third kappa shape index (κ3) is 5.06. The Morgan fingerprint density at radius 3 is 2.71 bits per heavy atom. The summed E-state index contributed by atoms with van der Waals surface area (Å²) in [4.78, 5) is 0. The Bertz CT molecular complexity index is 625. The van der Waals surface area contributed by atoms with Crippen LogP contribution in [0, 0.1) is 0 Å². The fraction of sp³-hybridized carbons (Fsp3) is 0.400. The molecule has 0 saturated carbocycles. The lowest BCUT2D eigenvalue weighted by Gasteiger charge is -2.32. The van der Waals surface area contributed by atoms with Crippen LogP contribution in [0.5, 0.6) is 5.75 Å². The van der Waals surface area contributed by atoms with Gasteiger partial charge < -0.3 is 20.5 Å². The molecule has 3 rings (SSSR count). The van der Waals surface area contributed by atoms with Gasteiger partial charge in [0.1, 0.15) is 12.4 Å². The van der Waals surface area contributed by atoms with Crippen molar-refractivity contribution in [3.05, 3.63) is 65.7 Å². The molecule has 24 heavy (non-hydrogen) atoms. The molecule has 1 saturated heterocycles. The monoisotopic (exact) mass is 326 g/mol. The lowest BCUT2D eigenvalue weighted by atomic mass is 9.94. The summed E-state index contributed by atoms with van der Waals surface area (Å²) < 4.78 is 5.86. The van der Waals surface area contributed by atoms with E-state index in [4.69, 9.17) is 4.74 Å². The number of ether oxygens (including phenoxy) is 1. The van der Waals surface area contributed by atoms with E-state index < -0.39 is 5.60 Å². The van der Waals surface area contributed by atoms with Crippen LogP contribution < -0.4 is 15.4 Å². The maximum Gasteiger partial charge on any atom is 0.120 e. The van der Waals surface area contributed by atoms with E-state index >= 15 is 0 Å². The molecule has 4 heteroatoms. The van der Waals surface area contributed by atoms with E-state index in [9.17, 15) is 5.11 Å². The fourth-order valence-electron chi connectivity index (χ4n) is 3.03. The number of β-amino-alcohol motifs (C(OH)–C–C–N with tert-alkyl or cyclic N) is 1. The maximum atomic E-state index is 10.5. The van der Waals surface area contributed by atoms with Crippen molar-refractivity contribution in [2.45, 2.75) is 31.6 Å². The topological polar surface area (TPSA) is 53.5 Å². The minimum atomic E-state index is -0.625. The molecule has 1 heterocycles. The van der Waals surface area contributed by atoms with Crippen LogP contribution in [-0.2, 0) is 13.2 Å². The molecule has 4 nitrogen and oxygen atoms in total. The van der Waals surface area contributed by atoms with Gasteiger partial charge in [-0.1, -0.05) is 42.5 Å². The Morgan fingerprint density at radius 2 is 1.92 bits per heavy atom. The van der Waals surface area contributed by atoms with Crippen molar-refractivity contribution >= 4 is 0 Å². The highest BCUT2D eigenvalue weighted by molar-refractivity contribution is 5.29. The van der Waals surface area contributed by atoms with Crippen LogP contribution in [-0.4, -0.2) is 30.3 Å². The second-order valence-corrected chi connectivity index (χ2v) is 6.53. The van der Waals surface area contributed by atoms with Crippen molar-refractivity contribution in [3.8, 4) is 5.75 Å². The third-order valence-electron chi connectivity index (χ3n) is 4.38. The van der Waals surface area contributed by atoms with Gasteiger partial charge in [0.05, 0.1) is 5.60 Å². The van der Waals surface area contributed by atoms with Gasteiger partial charge in [-0.05, 0) is 42.6 Å². The highest BCUT2D eigenvalue weighted by Crippen LogP contribution is 2.17. The van der Waals surface area contributed by atoms with E-state index in [1.807, 2.05) is 30.3 Å². The van der Waals surface area contributed by atoms with Gasteiger partial charge in [-0.3, -0.25) is 0 Å². The van der Waals surface area contributed by atoms with Crippen molar-refractivity contribution in [3.63, 3.8) is 0 Å². The Hall–Kier alpha value is -1.88. The first-order valence-electron chi connectivity index (χ1n) is 8.63. The highest BCUT2D eigenvalue weighted by Gasteiger charge is 2.28. The Kier molecular flexibility index (Phi) is 5.86. The molecule has 0 aliphatic carbocycles. The Balaban J connectivity index is 1.48. The third-order valence-corrected chi connectivity index (χ3v) is 4.38. The summed E-state index contributed by atoms with van der Waals surface area (Å²) in [6.07, 6.45) is 1.88. The molecule has 1 fully saturated rings. The first-order valence-corrected chi connectivity index (χ1v) is 8.63. The zero-order valence-corrected chi connectivity index (χ0v) is 14.0. The van der Waals surface area contributed by atoms with Crippen molar-refractivity contribution in [1.82, 2.24) is 10.6 Å². The van der Waals surface area contributed by atoms with Crippen LogP contribution in [0.1, 0.15) is 24.0 Å². The summed E-state index contributed by atoms with van der Waals surface area (Å²) >= 11 is 0. The van der Waals surface area contributed by atoms with Crippen molar-refractivity contribution in [2.24, 2.45) is 0 Å². The Morgan fingerprint density at radius 1 is 1.08 bits per heavy atom. The lowest BCUT2D eigenvalue weighted by Crippen LogP contribution is -2.51. The summed E-state index contributed by atoms with van der Waals surface area (Å²) in [5, 5.41) is 17.1. The molecule has 0 radical (unpaired) electrons. The first-order chi connectivity index (χ1) is 11.7. The molecule has 2 aromatic rings. The molecule has 1 aliphatic heterocycles. The summed E-state index contributed by atoms with van der Waals surface area (Å²) in [5.41, 5.74) is 1.70. The van der Waals surface area contributed by atoms with Gasteiger partial charge in [0.15, 0.2) is 0 Å². The fourth-order valence-corrected chi connectivity index (χ4v) is 3.03. The smallest absolute Gasteiger partial charge is 0.120 e. The van der Waals surface area contributed by atoms with E-state index in [0.29, 0.717) is 19.7 Å². The molecule has 0 aromatic heterocycles. The second kappa shape index (κ2) is 8.29. The van der Waals surface area contributed by atoms with E-state index in [1.54, 1.807) is 0 Å². The zero-order valence-electron chi connectivity index (χ0n) is 14.0. The molecule has 2 aromatic carbocycles. The number of hydrogen-bond acceptors (Lipinski definition) is 4. The second-order valence-electron chi connectivity index (χ2n) is 6.53. The van der Waals surface area contributed by atoms with Gasteiger partial charge in [0.2, 0.25) is 0 Å². The summed E-state index contributed by atoms with van der Waals surface area (Å²) in [6, 6.07) is 18.3. The van der Waals surface area contributed by atoms with Gasteiger partial charge in [-0.15, -0.1) is 0 Å². The minimum Gasteiger partial charge on any atom is -0.489 e. The van der Waals surface area contributed by atoms with Crippen LogP contribution >= 0.6 is 0 Å². The largest absolute Gasteiger partial charge is 0.489 e. The van der Waals surface area contributed by atoms with Crippen molar-refractivity contribution < 1.29 is 9.84 Å². The molecule has 3 N–H and O–H groups in total. The van der Waals surface area contributed by atoms with Crippen LogP contribution in [0.2, 0.25) is 0 Å². The quantitative estimate of drug-likeness (QED) is 0.732. The molecule has 0 amide bonds. The van der Waals surface area contributed by atoms with Gasteiger partial charge >= 0.3 is 0 Å². The predicted molar refractivity (Wildman–Crippen MR) is 96.0 cm³/mol. The predicted octanol–water partition coefficient (Wildman–Crippen LogP) is 2.47. The average Bonchev–Trinajstić information content (AvgIpc) is 2.62. The zero-order chi connectivity index (χ0) is 16.7. The average molecular weight is 326 g/mol. The standard InChI is InChI=1S/C20H26N2O2/c23-20(10-5-11-21-15-20)16-22-13-18-8-4-9-19(12-18)24-14-17-6-2-1-3-7-17/h1-4,6-9,12,21-23H,5,10-11,13-16H2/t20-/m1/s1. The molecule has 0 spiro atoms. The van der Waals surface area contributed by atoms with Gasteiger partial charge in [0, 0.05) is 19.6 Å². The molecular formula is C20H26N2O2. The number of hydrogen-bond donors (Lipinski definition) is 3. The molecular weight excluding hydrogens is 300 g/mol. The Labute approximate surface area is 143 Å². The van der Waals surface area contributed by atoms with Crippen LogP contribution in [0.25, 0.3) is 0 Å². The number of benzene rings is 2. The van der Waals surface area contributed by atoms with Crippen LogP contribution in [0.4, 0.5) is 0 Å². The molecule has 0 bridgehead atoms. The van der Waals surface area contributed by atoms with E-state index in [1.165, 1.54) is 0 Å². The number of rotatable bonds is 7. The van der Waals surface area contributed by atoms with Crippen molar-refractivity contribution in [1.29, 1.82) is 0 Å². The maximum absolute atomic E-state index is 10.5. The number of aliphatic hydroxyl groups is 1. The summed E-state index contributed by atoms with van der Waals surface area (Å²) in [6.45, 7) is 3.58. The normalized spacial score (nSPS) is 20.7. The molecule has 1 aliphatic rings. The summed E-state index contributed by atoms with van der Waals surface area (Å²) in [7, 11) is 0. The SMILES string of the molecule is O[C@]1(CNCc2cccc(OCc3ccccc3)c2)CCCNC1. The van der Waals surface area contributed by atoms with Crippen LogP contribution in [0.15, 0.2) is 54.6 Å². The van der Waals surface area contributed by atoms with E-state index in [2.05, 4.69) is 34.9 Å². The first kappa shape index (κ1) is 17.0. The molecule has 0 unspecified atom stereocenters. The van der Waals surface area contributed by atoms with E-state index in [-0.39, 0.29) is 0 Å². The molecule has 1 atom stereocenters. The van der Waals surface area contributed by atoms with E-state index in [0.717, 1.165) is 42.8 Å². The number of nitrogens with one attached hydrogen (secondary N) is 2.